The average Bonchev–Trinajstić information content (AvgIpc) is 3.16. The van der Waals surface area contributed by atoms with E-state index in [1.54, 1.807) is 0 Å². The van der Waals surface area contributed by atoms with Gasteiger partial charge < -0.3 is 14.5 Å². The summed E-state index contributed by atoms with van der Waals surface area (Å²) in [6.45, 7) is -0.0778. The van der Waals surface area contributed by atoms with Gasteiger partial charge in [-0.25, -0.2) is 18.1 Å². The molecule has 0 saturated carbocycles. The van der Waals surface area contributed by atoms with Gasteiger partial charge in [0, 0.05) is 24.6 Å². The number of benzene rings is 2. The minimum Gasteiger partial charge on any atom is -0.482 e. The van der Waals surface area contributed by atoms with E-state index in [0.29, 0.717) is 23.7 Å². The van der Waals surface area contributed by atoms with E-state index in [0.717, 1.165) is 5.56 Å². The molecule has 1 aliphatic rings. The Balaban J connectivity index is 1.44. The molecular weight excluding hydrogens is 418 g/mol. The van der Waals surface area contributed by atoms with Crippen molar-refractivity contribution in [2.75, 3.05) is 18.5 Å². The zero-order chi connectivity index (χ0) is 20.4. The van der Waals surface area contributed by atoms with Crippen molar-refractivity contribution < 1.29 is 22.4 Å². The van der Waals surface area contributed by atoms with E-state index in [1.807, 2.05) is 30.3 Å². The van der Waals surface area contributed by atoms with Gasteiger partial charge in [0.2, 0.25) is 15.9 Å². The minimum atomic E-state index is -3.89. The Hall–Kier alpha value is -2.88. The highest BCUT2D eigenvalue weighted by Crippen LogP contribution is 2.35. The summed E-state index contributed by atoms with van der Waals surface area (Å²) < 4.78 is 38.5. The molecule has 0 fully saturated rings. The standard InChI is InChI=1S/C19H16ClN3O5S/c20-14-8-15-16(27-11-18(24)23-15)9-17(14)29(25,26)21-7-6-13-10-28-19(22-13)12-4-2-1-3-5-12/h1-5,8-10,21H,6-7,11H2,(H,23,24). The van der Waals surface area contributed by atoms with E-state index in [-0.39, 0.29) is 34.7 Å². The fourth-order valence-corrected chi connectivity index (χ4v) is 4.39. The summed E-state index contributed by atoms with van der Waals surface area (Å²) in [5.41, 5.74) is 1.79. The molecule has 1 amide bonds. The molecule has 0 bridgehead atoms. The van der Waals surface area contributed by atoms with Crippen molar-refractivity contribution >= 4 is 33.2 Å². The van der Waals surface area contributed by atoms with Crippen LogP contribution in [0.2, 0.25) is 5.02 Å². The van der Waals surface area contributed by atoms with Crippen LogP contribution in [0.4, 0.5) is 5.69 Å². The van der Waals surface area contributed by atoms with Crippen LogP contribution in [0.1, 0.15) is 5.69 Å². The first-order valence-electron chi connectivity index (χ1n) is 8.68. The number of hydrogen-bond donors (Lipinski definition) is 2. The second kappa shape index (κ2) is 7.86. The van der Waals surface area contributed by atoms with Gasteiger partial charge in [0.1, 0.15) is 16.9 Å². The summed E-state index contributed by atoms with van der Waals surface area (Å²) in [5, 5.41) is 2.56. The maximum absolute atomic E-state index is 12.6. The van der Waals surface area contributed by atoms with Crippen molar-refractivity contribution in [3.8, 4) is 17.2 Å². The topological polar surface area (TPSA) is 111 Å². The maximum Gasteiger partial charge on any atom is 0.262 e. The Morgan fingerprint density at radius 3 is 2.79 bits per heavy atom. The lowest BCUT2D eigenvalue weighted by atomic mass is 10.2. The molecule has 0 spiro atoms. The third kappa shape index (κ3) is 4.26. The van der Waals surface area contributed by atoms with Crippen LogP contribution >= 0.6 is 11.6 Å². The zero-order valence-corrected chi connectivity index (χ0v) is 16.6. The molecule has 4 rings (SSSR count). The second-order valence-electron chi connectivity index (χ2n) is 6.27. The molecular formula is C19H16ClN3O5S. The quantitative estimate of drug-likeness (QED) is 0.618. The molecule has 2 heterocycles. The molecule has 29 heavy (non-hydrogen) atoms. The Bertz CT molecular complexity index is 1160. The lowest BCUT2D eigenvalue weighted by Gasteiger charge is -2.19. The van der Waals surface area contributed by atoms with E-state index in [2.05, 4.69) is 15.0 Å². The fourth-order valence-electron chi connectivity index (χ4n) is 2.81. The lowest BCUT2D eigenvalue weighted by molar-refractivity contribution is -0.118. The molecule has 3 aromatic rings. The third-order valence-corrected chi connectivity index (χ3v) is 6.13. The van der Waals surface area contributed by atoms with Gasteiger partial charge in [0.25, 0.3) is 5.91 Å². The largest absolute Gasteiger partial charge is 0.482 e. The summed E-state index contributed by atoms with van der Waals surface area (Å²) >= 11 is 6.11. The molecule has 150 valence electrons. The fraction of sp³-hybridized carbons (Fsp3) is 0.158. The summed E-state index contributed by atoms with van der Waals surface area (Å²) in [4.78, 5) is 15.6. The van der Waals surface area contributed by atoms with Crippen LogP contribution in [-0.4, -0.2) is 32.5 Å². The van der Waals surface area contributed by atoms with Gasteiger partial charge in [-0.05, 0) is 18.2 Å². The van der Waals surface area contributed by atoms with Crippen molar-refractivity contribution in [2.24, 2.45) is 0 Å². The van der Waals surface area contributed by atoms with Gasteiger partial charge in [0.15, 0.2) is 6.61 Å². The molecule has 1 aliphatic heterocycles. The number of nitrogens with zero attached hydrogens (tertiary/aromatic N) is 1. The average molecular weight is 434 g/mol. The Morgan fingerprint density at radius 2 is 2.00 bits per heavy atom. The van der Waals surface area contributed by atoms with Crippen molar-refractivity contribution in [1.82, 2.24) is 9.71 Å². The van der Waals surface area contributed by atoms with E-state index < -0.39 is 10.0 Å². The summed E-state index contributed by atoms with van der Waals surface area (Å²) in [5.74, 6) is 0.392. The van der Waals surface area contributed by atoms with Gasteiger partial charge in [-0.2, -0.15) is 0 Å². The number of sulfonamides is 1. The first-order valence-corrected chi connectivity index (χ1v) is 10.5. The summed E-state index contributed by atoms with van der Waals surface area (Å²) in [7, 11) is -3.89. The Kier molecular flexibility index (Phi) is 5.27. The first kappa shape index (κ1) is 19.4. The van der Waals surface area contributed by atoms with Crippen LogP contribution in [0.25, 0.3) is 11.5 Å². The lowest BCUT2D eigenvalue weighted by Crippen LogP contribution is -2.28. The normalized spacial score (nSPS) is 13.5. The van der Waals surface area contributed by atoms with E-state index >= 15 is 0 Å². The number of carbonyl (C=O) groups excluding carboxylic acids is 1. The number of aromatic nitrogens is 1. The maximum atomic E-state index is 12.6. The molecule has 2 N–H and O–H groups in total. The van der Waals surface area contributed by atoms with Crippen LogP contribution in [0, 0.1) is 0 Å². The molecule has 0 saturated heterocycles. The van der Waals surface area contributed by atoms with Crippen molar-refractivity contribution in [1.29, 1.82) is 0 Å². The number of hydrogen-bond acceptors (Lipinski definition) is 6. The Labute approximate surface area is 171 Å². The van der Waals surface area contributed by atoms with E-state index in [1.165, 1.54) is 18.4 Å². The monoisotopic (exact) mass is 433 g/mol. The van der Waals surface area contributed by atoms with Gasteiger partial charge in [-0.15, -0.1) is 0 Å². The van der Waals surface area contributed by atoms with Crippen molar-refractivity contribution in [2.45, 2.75) is 11.3 Å². The third-order valence-electron chi connectivity index (χ3n) is 4.20. The highest BCUT2D eigenvalue weighted by molar-refractivity contribution is 7.89. The number of rotatable bonds is 6. The number of ether oxygens (including phenoxy) is 1. The van der Waals surface area contributed by atoms with Gasteiger partial charge >= 0.3 is 0 Å². The van der Waals surface area contributed by atoms with Gasteiger partial charge in [-0.1, -0.05) is 29.8 Å². The van der Waals surface area contributed by atoms with Crippen molar-refractivity contribution in [3.63, 3.8) is 0 Å². The molecule has 2 aromatic carbocycles. The van der Waals surface area contributed by atoms with Crippen LogP contribution in [0.15, 0.2) is 58.0 Å². The first-order chi connectivity index (χ1) is 13.9. The number of oxazole rings is 1. The number of halogens is 1. The number of nitrogens with one attached hydrogen (secondary N) is 2. The van der Waals surface area contributed by atoms with Crippen LogP contribution in [0.5, 0.6) is 5.75 Å². The number of amides is 1. The number of anilines is 1. The molecule has 0 radical (unpaired) electrons. The number of carbonyl (C=O) groups is 1. The molecule has 8 nitrogen and oxygen atoms in total. The molecule has 0 unspecified atom stereocenters. The van der Waals surface area contributed by atoms with Crippen LogP contribution in [-0.2, 0) is 21.2 Å². The number of fused-ring (bicyclic) bond motifs is 1. The molecule has 10 heteroatoms. The second-order valence-corrected chi connectivity index (χ2v) is 8.42. The minimum absolute atomic E-state index is 0.0187. The van der Waals surface area contributed by atoms with E-state index in [9.17, 15) is 13.2 Å². The highest BCUT2D eigenvalue weighted by Gasteiger charge is 2.24. The summed E-state index contributed by atoms with van der Waals surface area (Å²) in [6.07, 6.45) is 1.84. The van der Waals surface area contributed by atoms with Crippen LogP contribution < -0.4 is 14.8 Å². The predicted molar refractivity (Wildman–Crippen MR) is 106 cm³/mol. The SMILES string of the molecule is O=C1COc2cc(S(=O)(=O)NCCc3coc(-c4ccccc4)n3)c(Cl)cc2N1. The van der Waals surface area contributed by atoms with Gasteiger partial charge in [0.05, 0.1) is 16.4 Å². The molecule has 1 aromatic heterocycles. The van der Waals surface area contributed by atoms with E-state index in [4.69, 9.17) is 20.8 Å². The predicted octanol–water partition coefficient (Wildman–Crippen LogP) is 2.85. The smallest absolute Gasteiger partial charge is 0.262 e. The zero-order valence-electron chi connectivity index (χ0n) is 15.0. The Morgan fingerprint density at radius 1 is 1.21 bits per heavy atom. The molecule has 0 aliphatic carbocycles. The molecule has 0 atom stereocenters. The summed E-state index contributed by atoms with van der Waals surface area (Å²) in [6, 6.07) is 12.1. The highest BCUT2D eigenvalue weighted by atomic mass is 35.5. The van der Waals surface area contributed by atoms with Crippen LogP contribution in [0.3, 0.4) is 0 Å². The van der Waals surface area contributed by atoms with Crippen molar-refractivity contribution in [3.05, 3.63) is 59.4 Å². The van der Waals surface area contributed by atoms with Gasteiger partial charge in [-0.3, -0.25) is 4.79 Å².